The lowest BCUT2D eigenvalue weighted by Crippen LogP contribution is -2.58. The van der Waals surface area contributed by atoms with Crippen LogP contribution in [0.1, 0.15) is 105 Å². The third-order valence-electron chi connectivity index (χ3n) is 13.4. The average Bonchev–Trinajstić information content (AvgIpc) is 3.77. The van der Waals surface area contributed by atoms with E-state index in [2.05, 4.69) is 32.4 Å². The van der Waals surface area contributed by atoms with Gasteiger partial charge in [-0.3, -0.25) is 34.2 Å². The van der Waals surface area contributed by atoms with E-state index < -0.39 is 47.2 Å². The molecule has 16 heteroatoms. The van der Waals surface area contributed by atoms with E-state index in [0.29, 0.717) is 46.8 Å². The van der Waals surface area contributed by atoms with Crippen LogP contribution in [0.2, 0.25) is 0 Å². The Balaban J connectivity index is 0.798. The van der Waals surface area contributed by atoms with Gasteiger partial charge in [-0.15, -0.1) is 11.3 Å². The van der Waals surface area contributed by atoms with Crippen molar-refractivity contribution < 1.29 is 37.5 Å². The van der Waals surface area contributed by atoms with E-state index in [1.54, 1.807) is 30.4 Å². The number of fused-ring (bicyclic) bond motifs is 1. The van der Waals surface area contributed by atoms with Crippen LogP contribution in [0, 0.1) is 17.3 Å². The third kappa shape index (κ3) is 8.68. The van der Waals surface area contributed by atoms with Crippen molar-refractivity contribution in [1.82, 2.24) is 30.4 Å². The molecule has 1 aromatic carbocycles. The number of methoxy groups -OCH3 is 1. The quantitative estimate of drug-likeness (QED) is 0.128. The van der Waals surface area contributed by atoms with Crippen LogP contribution >= 0.6 is 11.3 Å². The van der Waals surface area contributed by atoms with Crippen molar-refractivity contribution >= 4 is 56.8 Å². The minimum Gasteiger partial charge on any atom is -0.494 e. The Labute approximate surface area is 363 Å². The van der Waals surface area contributed by atoms with E-state index in [9.17, 15) is 32.8 Å². The first kappa shape index (κ1) is 43.3. The topological polar surface area (TPSA) is 163 Å². The number of carbonyl (C=O) groups excluding carboxylic acids is 5. The summed E-state index contributed by atoms with van der Waals surface area (Å²) in [7, 11) is 1.51. The number of halogens is 2. The Morgan fingerprint density at radius 2 is 1.77 bits per heavy atom. The normalized spacial score (nSPS) is 25.0. The standard InChI is InChI=1S/C46H53F2N7O6S/c1-5-29-39(44(60)55(43(29)59)34-14-15-38(56)53-41(34)58)30(6-2)49-22-26-16-18-46(19-17-26)24-54(25-46)23-27-10-12-28(13-11-27)42-52-33-20-35(61-4)32(21-36(33)62-42)51-40(57)31-8-7-9-37(50-31)45(3,47)48/h5-9,20-21,26-28,34,49H,2,10-19,22-25H2,1,3-4H3,(H,51,57)(H,53,56,58)/b29-5+,39-30-/t27-,28-,34?. The second-order valence-electron chi connectivity index (χ2n) is 17.7. The molecule has 1 atom stereocenters. The van der Waals surface area contributed by atoms with Crippen LogP contribution in [0.15, 0.2) is 65.9 Å². The van der Waals surface area contributed by atoms with Gasteiger partial charge in [0, 0.05) is 57.2 Å². The van der Waals surface area contributed by atoms with Crippen LogP contribution in [-0.4, -0.2) is 88.6 Å². The number of pyridine rings is 1. The van der Waals surface area contributed by atoms with Gasteiger partial charge in [-0.25, -0.2) is 9.97 Å². The van der Waals surface area contributed by atoms with Crippen molar-refractivity contribution in [2.45, 2.75) is 95.9 Å². The Kier molecular flexibility index (Phi) is 12.2. The van der Waals surface area contributed by atoms with E-state index in [4.69, 9.17) is 9.72 Å². The minimum absolute atomic E-state index is 0.0671. The Hall–Kier alpha value is -5.35. The summed E-state index contributed by atoms with van der Waals surface area (Å²) >= 11 is 1.62. The summed E-state index contributed by atoms with van der Waals surface area (Å²) in [6.45, 7) is 10.4. The van der Waals surface area contributed by atoms with Crippen LogP contribution in [-0.2, 0) is 25.1 Å². The van der Waals surface area contributed by atoms with Gasteiger partial charge in [0.2, 0.25) is 11.8 Å². The van der Waals surface area contributed by atoms with Crippen LogP contribution < -0.4 is 20.7 Å². The number of benzene rings is 1. The fraction of sp³-hybridized carbons (Fsp3) is 0.500. The number of hydrogen-bond donors (Lipinski definition) is 3. The van der Waals surface area contributed by atoms with Crippen molar-refractivity contribution in [3.63, 3.8) is 0 Å². The lowest BCUT2D eigenvalue weighted by molar-refractivity contribution is -0.149. The van der Waals surface area contributed by atoms with E-state index in [1.807, 2.05) is 12.1 Å². The molecular weight excluding hydrogens is 817 g/mol. The molecule has 62 heavy (non-hydrogen) atoms. The number of nitrogens with zero attached hydrogens (tertiary/aromatic N) is 4. The van der Waals surface area contributed by atoms with Gasteiger partial charge in [-0.2, -0.15) is 8.78 Å². The number of allylic oxidation sites excluding steroid dienone is 2. The number of likely N-dealkylation sites (tertiary alicyclic amines) is 2. The molecule has 5 aliphatic rings. The molecule has 5 fully saturated rings. The number of hydrogen-bond acceptors (Lipinski definition) is 11. The molecule has 5 amide bonds. The number of piperidine rings is 1. The Morgan fingerprint density at radius 1 is 1.03 bits per heavy atom. The highest BCUT2D eigenvalue weighted by molar-refractivity contribution is 7.18. The summed E-state index contributed by atoms with van der Waals surface area (Å²) in [6.07, 6.45) is 12.2. The first-order valence-electron chi connectivity index (χ1n) is 21.6. The predicted octanol–water partition coefficient (Wildman–Crippen LogP) is 6.98. The summed E-state index contributed by atoms with van der Waals surface area (Å²) in [6, 6.07) is 6.61. The van der Waals surface area contributed by atoms with E-state index >= 15 is 0 Å². The minimum atomic E-state index is -3.17. The SMILES string of the molecule is C=C/C(NCC1CCC2(CC1)CN(C[C@H]1CC[C@H](c3nc4cc(OC)c(NC(=O)c5cccc(C(C)(F)F)n5)cc4s3)CC1)C2)=C1/C(=O)N(C2CCC(=O)NC2=O)C(=O)/C1=C/C. The smallest absolute Gasteiger partial charge is 0.287 e. The van der Waals surface area contributed by atoms with Gasteiger partial charge in [0.05, 0.1) is 39.2 Å². The number of anilines is 1. The maximum absolute atomic E-state index is 13.9. The largest absolute Gasteiger partial charge is 0.494 e. The number of nitrogens with one attached hydrogen (secondary N) is 3. The van der Waals surface area contributed by atoms with Gasteiger partial charge in [-0.1, -0.05) is 18.7 Å². The zero-order valence-electron chi connectivity index (χ0n) is 35.4. The lowest BCUT2D eigenvalue weighted by atomic mass is 9.65. The van der Waals surface area contributed by atoms with Crippen molar-refractivity contribution in [1.29, 1.82) is 0 Å². The first-order chi connectivity index (χ1) is 29.7. The molecule has 2 aromatic heterocycles. The Bertz CT molecular complexity index is 2360. The van der Waals surface area contributed by atoms with Gasteiger partial charge in [-0.05, 0) is 106 Å². The van der Waals surface area contributed by atoms with Gasteiger partial charge < -0.3 is 20.3 Å². The van der Waals surface area contributed by atoms with Crippen LogP contribution in [0.4, 0.5) is 14.5 Å². The number of imide groups is 2. The highest BCUT2D eigenvalue weighted by atomic mass is 32.1. The van der Waals surface area contributed by atoms with Crippen molar-refractivity contribution in [2.24, 2.45) is 17.3 Å². The highest BCUT2D eigenvalue weighted by Crippen LogP contribution is 2.47. The van der Waals surface area contributed by atoms with Gasteiger partial charge in [0.15, 0.2) is 0 Å². The molecule has 3 N–H and O–H groups in total. The molecule has 3 aromatic rings. The number of alkyl halides is 2. The van der Waals surface area contributed by atoms with Crippen LogP contribution in [0.5, 0.6) is 5.75 Å². The molecule has 328 valence electrons. The van der Waals surface area contributed by atoms with E-state index in [0.717, 1.165) is 98.0 Å². The average molecular weight is 870 g/mol. The summed E-state index contributed by atoms with van der Waals surface area (Å²) in [5.74, 6) is -4.04. The van der Waals surface area contributed by atoms with Gasteiger partial charge >= 0.3 is 0 Å². The van der Waals surface area contributed by atoms with Gasteiger partial charge in [0.1, 0.15) is 23.2 Å². The number of carbonyl (C=O) groups is 5. The molecule has 2 saturated carbocycles. The molecule has 8 rings (SSSR count). The monoisotopic (exact) mass is 869 g/mol. The molecule has 0 radical (unpaired) electrons. The Morgan fingerprint density at radius 3 is 2.44 bits per heavy atom. The second-order valence-corrected chi connectivity index (χ2v) is 18.7. The number of thiazole rings is 1. The van der Waals surface area contributed by atoms with Crippen molar-refractivity contribution in [3.05, 3.63) is 82.3 Å². The molecule has 3 aliphatic heterocycles. The van der Waals surface area contributed by atoms with E-state index in [-0.39, 0.29) is 29.7 Å². The first-order valence-corrected chi connectivity index (χ1v) is 22.4. The molecule has 0 bridgehead atoms. The second kappa shape index (κ2) is 17.4. The molecule has 13 nitrogen and oxygen atoms in total. The summed E-state index contributed by atoms with van der Waals surface area (Å²) in [5, 5.41) is 9.54. The molecule has 5 heterocycles. The number of aromatic nitrogens is 2. The molecular formula is C46H53F2N7O6S. The fourth-order valence-electron chi connectivity index (χ4n) is 10.0. The molecule has 2 aliphatic carbocycles. The summed E-state index contributed by atoms with van der Waals surface area (Å²) < 4.78 is 34.2. The summed E-state index contributed by atoms with van der Waals surface area (Å²) in [4.78, 5) is 76.7. The number of rotatable bonds is 12. The van der Waals surface area contributed by atoms with Gasteiger partial charge in [0.25, 0.3) is 23.6 Å². The predicted molar refractivity (Wildman–Crippen MR) is 230 cm³/mol. The third-order valence-corrected chi connectivity index (χ3v) is 14.6. The van der Waals surface area contributed by atoms with Crippen LogP contribution in [0.3, 0.4) is 0 Å². The highest BCUT2D eigenvalue weighted by Gasteiger charge is 2.48. The molecule has 1 unspecified atom stereocenters. The maximum Gasteiger partial charge on any atom is 0.287 e. The van der Waals surface area contributed by atoms with Crippen LogP contribution in [0.25, 0.3) is 10.2 Å². The summed E-state index contributed by atoms with van der Waals surface area (Å²) in [5.41, 5.74) is 1.94. The van der Waals surface area contributed by atoms with Crippen molar-refractivity contribution in [3.8, 4) is 5.75 Å². The molecule has 1 spiro atoms. The van der Waals surface area contributed by atoms with E-state index in [1.165, 1.54) is 25.3 Å². The molecule has 3 saturated heterocycles. The van der Waals surface area contributed by atoms with Crippen molar-refractivity contribution in [2.75, 3.05) is 38.6 Å². The zero-order chi connectivity index (χ0) is 43.9. The fourth-order valence-corrected chi connectivity index (χ4v) is 11.2. The number of ether oxygens (including phenoxy) is 1. The zero-order valence-corrected chi connectivity index (χ0v) is 36.2. The number of amides is 5. The maximum atomic E-state index is 13.9. The lowest BCUT2D eigenvalue weighted by Gasteiger charge is -2.54.